The second kappa shape index (κ2) is 5.24. The van der Waals surface area contributed by atoms with Gasteiger partial charge in [-0.2, -0.15) is 0 Å². The van der Waals surface area contributed by atoms with Crippen LogP contribution in [0.15, 0.2) is 12.4 Å². The second-order valence-electron chi connectivity index (χ2n) is 3.10. The number of aliphatic hydroxyl groups is 1. The molecule has 1 unspecified atom stereocenters. The van der Waals surface area contributed by atoms with Crippen LogP contribution in [0, 0.1) is 0 Å². The first kappa shape index (κ1) is 12.2. The van der Waals surface area contributed by atoms with Gasteiger partial charge in [0.05, 0.1) is 18.4 Å². The number of aliphatic hydroxyl groups excluding tert-OH is 1. The molecule has 0 aromatic carbocycles. The number of imidazole rings is 1. The molecule has 0 saturated heterocycles. The Hall–Kier alpha value is -0.920. The molecule has 1 aromatic heterocycles. The van der Waals surface area contributed by atoms with E-state index in [-0.39, 0.29) is 18.4 Å². The van der Waals surface area contributed by atoms with E-state index < -0.39 is 10.0 Å². The number of nitrogens with one attached hydrogen (secondary N) is 2. The minimum atomic E-state index is -3.43. The Kier molecular flexibility index (Phi) is 4.25. The fraction of sp³-hybridized carbons (Fsp3) is 0.625. The second-order valence-corrected chi connectivity index (χ2v) is 4.97. The highest BCUT2D eigenvalue weighted by Crippen LogP contribution is 2.12. The van der Waals surface area contributed by atoms with Crippen molar-refractivity contribution in [2.24, 2.45) is 0 Å². The molecule has 0 fully saturated rings. The molecule has 7 heteroatoms. The van der Waals surface area contributed by atoms with Gasteiger partial charge in [0.25, 0.3) is 0 Å². The first-order valence-electron chi connectivity index (χ1n) is 4.69. The summed E-state index contributed by atoms with van der Waals surface area (Å²) >= 11 is 0. The van der Waals surface area contributed by atoms with E-state index in [0.29, 0.717) is 12.2 Å². The summed E-state index contributed by atoms with van der Waals surface area (Å²) in [5, 5.41) is 8.58. The van der Waals surface area contributed by atoms with Crippen molar-refractivity contribution in [1.82, 2.24) is 14.7 Å². The van der Waals surface area contributed by atoms with Crippen LogP contribution in [-0.4, -0.2) is 35.9 Å². The maximum Gasteiger partial charge on any atom is 0.214 e. The van der Waals surface area contributed by atoms with Gasteiger partial charge < -0.3 is 10.1 Å². The summed E-state index contributed by atoms with van der Waals surface area (Å²) in [7, 11) is -3.43. The monoisotopic (exact) mass is 233 g/mol. The first-order valence-corrected chi connectivity index (χ1v) is 6.34. The number of hydrogen-bond acceptors (Lipinski definition) is 4. The van der Waals surface area contributed by atoms with Gasteiger partial charge in [-0.1, -0.05) is 6.92 Å². The van der Waals surface area contributed by atoms with Crippen LogP contribution in [0.1, 0.15) is 25.2 Å². The highest BCUT2D eigenvalue weighted by molar-refractivity contribution is 7.89. The van der Waals surface area contributed by atoms with Crippen molar-refractivity contribution in [1.29, 1.82) is 0 Å². The summed E-state index contributed by atoms with van der Waals surface area (Å²) in [6.07, 6.45) is 3.80. The van der Waals surface area contributed by atoms with Crippen molar-refractivity contribution in [3.63, 3.8) is 0 Å². The van der Waals surface area contributed by atoms with E-state index in [1.807, 2.05) is 6.92 Å². The molecule has 0 amide bonds. The Morgan fingerprint density at radius 3 is 2.87 bits per heavy atom. The summed E-state index contributed by atoms with van der Waals surface area (Å²) in [6.45, 7) is 1.47. The molecule has 0 bridgehead atoms. The third-order valence-corrected chi connectivity index (χ3v) is 3.30. The van der Waals surface area contributed by atoms with Crippen LogP contribution in [0.2, 0.25) is 0 Å². The fourth-order valence-electron chi connectivity index (χ4n) is 1.20. The van der Waals surface area contributed by atoms with Gasteiger partial charge in [-0.25, -0.2) is 18.1 Å². The highest BCUT2D eigenvalue weighted by Gasteiger charge is 2.18. The summed E-state index contributed by atoms with van der Waals surface area (Å²) in [6, 6.07) is -0.364. The Balaban J connectivity index is 2.70. The predicted octanol–water partition coefficient (Wildman–Crippen LogP) is -0.228. The van der Waals surface area contributed by atoms with E-state index in [1.165, 1.54) is 0 Å². The van der Waals surface area contributed by atoms with E-state index in [0.717, 1.165) is 0 Å². The number of hydrogen-bond donors (Lipinski definition) is 3. The van der Waals surface area contributed by atoms with Crippen molar-refractivity contribution < 1.29 is 13.5 Å². The van der Waals surface area contributed by atoms with Gasteiger partial charge in [0.15, 0.2) is 0 Å². The van der Waals surface area contributed by atoms with Crippen molar-refractivity contribution in [3.05, 3.63) is 18.2 Å². The molecule has 0 aliphatic carbocycles. The topological polar surface area (TPSA) is 95.1 Å². The highest BCUT2D eigenvalue weighted by atomic mass is 32.2. The van der Waals surface area contributed by atoms with E-state index in [1.54, 1.807) is 12.4 Å². The molecule has 0 spiro atoms. The third kappa shape index (κ3) is 3.61. The lowest BCUT2D eigenvalue weighted by atomic mass is 10.2. The van der Waals surface area contributed by atoms with Crippen molar-refractivity contribution in [3.8, 4) is 0 Å². The Bertz CT molecular complexity index is 374. The normalized spacial score (nSPS) is 14.0. The molecule has 1 atom stereocenters. The molecular weight excluding hydrogens is 218 g/mol. The number of sulfonamides is 1. The largest absolute Gasteiger partial charge is 0.395 e. The number of nitrogens with zero attached hydrogens (tertiary/aromatic N) is 1. The maximum atomic E-state index is 11.4. The van der Waals surface area contributed by atoms with Gasteiger partial charge in [-0.3, -0.25) is 0 Å². The molecule has 1 rings (SSSR count). The van der Waals surface area contributed by atoms with Gasteiger partial charge in [0.2, 0.25) is 10.0 Å². The minimum absolute atomic E-state index is 0.287. The van der Waals surface area contributed by atoms with Gasteiger partial charge in [-0.15, -0.1) is 0 Å². The average Bonchev–Trinajstić information content (AvgIpc) is 2.67. The molecule has 86 valence electrons. The summed E-state index contributed by atoms with van der Waals surface area (Å²) < 4.78 is 25.2. The van der Waals surface area contributed by atoms with Crippen LogP contribution in [0.5, 0.6) is 0 Å². The summed E-state index contributed by atoms with van der Waals surface area (Å²) in [4.78, 5) is 6.84. The Labute approximate surface area is 88.8 Å². The van der Waals surface area contributed by atoms with Crippen LogP contribution in [-0.2, 0) is 10.0 Å². The van der Waals surface area contributed by atoms with Crippen LogP contribution >= 0.6 is 0 Å². The SMILES string of the molecule is CCC(NS(=O)(=O)CCO)c1ncc[nH]1. The van der Waals surface area contributed by atoms with E-state index in [4.69, 9.17) is 5.11 Å². The lowest BCUT2D eigenvalue weighted by Crippen LogP contribution is -2.32. The molecule has 3 N–H and O–H groups in total. The van der Waals surface area contributed by atoms with Crippen LogP contribution in [0.25, 0.3) is 0 Å². The van der Waals surface area contributed by atoms with Crippen LogP contribution in [0.3, 0.4) is 0 Å². The first-order chi connectivity index (χ1) is 7.09. The van der Waals surface area contributed by atoms with Gasteiger partial charge in [0, 0.05) is 12.4 Å². The van der Waals surface area contributed by atoms with Gasteiger partial charge in [0.1, 0.15) is 5.82 Å². The number of aromatic nitrogens is 2. The van der Waals surface area contributed by atoms with Crippen molar-refractivity contribution in [2.45, 2.75) is 19.4 Å². The number of rotatable bonds is 6. The Morgan fingerprint density at radius 1 is 1.67 bits per heavy atom. The van der Waals surface area contributed by atoms with Crippen molar-refractivity contribution >= 4 is 10.0 Å². The van der Waals surface area contributed by atoms with Crippen LogP contribution < -0.4 is 4.72 Å². The predicted molar refractivity (Wildman–Crippen MR) is 55.6 cm³/mol. The van der Waals surface area contributed by atoms with Crippen molar-refractivity contribution in [2.75, 3.05) is 12.4 Å². The molecule has 0 aliphatic heterocycles. The fourth-order valence-corrected chi connectivity index (χ4v) is 2.27. The number of aromatic amines is 1. The smallest absolute Gasteiger partial charge is 0.214 e. The third-order valence-electron chi connectivity index (χ3n) is 1.94. The molecule has 6 nitrogen and oxygen atoms in total. The molecule has 0 aliphatic rings. The quantitative estimate of drug-likeness (QED) is 0.632. The Morgan fingerprint density at radius 2 is 2.40 bits per heavy atom. The zero-order valence-corrected chi connectivity index (χ0v) is 9.29. The van der Waals surface area contributed by atoms with Crippen LogP contribution in [0.4, 0.5) is 0 Å². The number of H-pyrrole nitrogens is 1. The molecule has 0 saturated carbocycles. The van der Waals surface area contributed by atoms with E-state index in [2.05, 4.69) is 14.7 Å². The minimum Gasteiger partial charge on any atom is -0.395 e. The molecule has 1 aromatic rings. The lowest BCUT2D eigenvalue weighted by Gasteiger charge is -2.14. The molecule has 0 radical (unpaired) electrons. The average molecular weight is 233 g/mol. The van der Waals surface area contributed by atoms with Gasteiger partial charge in [-0.05, 0) is 6.42 Å². The molecule has 15 heavy (non-hydrogen) atoms. The lowest BCUT2D eigenvalue weighted by molar-refractivity contribution is 0.318. The maximum absolute atomic E-state index is 11.4. The van der Waals surface area contributed by atoms with E-state index in [9.17, 15) is 8.42 Å². The zero-order chi connectivity index (χ0) is 11.3. The van der Waals surface area contributed by atoms with E-state index >= 15 is 0 Å². The summed E-state index contributed by atoms with van der Waals surface area (Å²) in [5.74, 6) is 0.295. The van der Waals surface area contributed by atoms with Gasteiger partial charge >= 0.3 is 0 Å². The zero-order valence-electron chi connectivity index (χ0n) is 8.47. The molecular formula is C8H15N3O3S. The molecule has 1 heterocycles. The standard InChI is InChI=1S/C8H15N3O3S/c1-2-7(8-9-3-4-10-8)11-15(13,14)6-5-12/h3-4,7,11-12H,2,5-6H2,1H3,(H,9,10). The summed E-state index contributed by atoms with van der Waals surface area (Å²) in [5.41, 5.74) is 0.